The van der Waals surface area contributed by atoms with Crippen LogP contribution in [0.15, 0.2) is 18.2 Å². The van der Waals surface area contributed by atoms with Crippen molar-refractivity contribution in [3.63, 3.8) is 0 Å². The lowest BCUT2D eigenvalue weighted by Gasteiger charge is -2.26. The number of hydrogen-bond acceptors (Lipinski definition) is 2. The molecule has 1 aromatic rings. The Morgan fingerprint density at radius 3 is 2.82 bits per heavy atom. The number of hydrogen-bond donors (Lipinski definition) is 2. The van der Waals surface area contributed by atoms with Crippen LogP contribution in [0, 0.1) is 18.7 Å². The maximum Gasteiger partial charge on any atom is 0.242 e. The molecule has 1 fully saturated rings. The smallest absolute Gasteiger partial charge is 0.242 e. The van der Waals surface area contributed by atoms with Gasteiger partial charge in [-0.2, -0.15) is 0 Å². The first-order valence-electron chi connectivity index (χ1n) is 5.29. The van der Waals surface area contributed by atoms with Crippen molar-refractivity contribution in [3.05, 3.63) is 41.5 Å². The molecule has 0 spiro atoms. The van der Waals surface area contributed by atoms with Gasteiger partial charge in [0, 0.05) is 0 Å². The maximum atomic E-state index is 13.1. The summed E-state index contributed by atoms with van der Waals surface area (Å²) in [6.45, 7) is 4.50. The molecular formula is C12H13ClFN2O. The summed E-state index contributed by atoms with van der Waals surface area (Å²) in [5, 5.41) is 3.05. The highest BCUT2D eigenvalue weighted by atomic mass is 35.5. The number of benzene rings is 1. The Morgan fingerprint density at radius 2 is 2.35 bits per heavy atom. The van der Waals surface area contributed by atoms with E-state index in [0.717, 1.165) is 0 Å². The molecule has 17 heavy (non-hydrogen) atoms. The van der Waals surface area contributed by atoms with E-state index in [1.165, 1.54) is 18.2 Å². The zero-order chi connectivity index (χ0) is 12.6. The van der Waals surface area contributed by atoms with Crippen molar-refractivity contribution in [2.45, 2.75) is 12.0 Å². The van der Waals surface area contributed by atoms with Gasteiger partial charge in [0.15, 0.2) is 0 Å². The van der Waals surface area contributed by atoms with E-state index < -0.39 is 17.3 Å². The molecule has 0 saturated carbocycles. The fraction of sp³-hybridized carbons (Fsp3) is 0.333. The number of primary amides is 1. The molecule has 3 N–H and O–H groups in total. The van der Waals surface area contributed by atoms with Gasteiger partial charge in [-0.15, -0.1) is 0 Å². The fourth-order valence-corrected chi connectivity index (χ4v) is 2.39. The number of rotatable bonds is 2. The van der Waals surface area contributed by atoms with Gasteiger partial charge in [-0.25, -0.2) is 4.39 Å². The van der Waals surface area contributed by atoms with Gasteiger partial charge in [0.05, 0.1) is 5.02 Å². The number of nitrogens with two attached hydrogens (primary N) is 1. The van der Waals surface area contributed by atoms with Crippen molar-refractivity contribution in [2.24, 2.45) is 11.7 Å². The first-order chi connectivity index (χ1) is 7.95. The summed E-state index contributed by atoms with van der Waals surface area (Å²) in [5.74, 6) is -0.920. The highest BCUT2D eigenvalue weighted by molar-refractivity contribution is 6.30. The minimum Gasteiger partial charge on any atom is -0.368 e. The lowest BCUT2D eigenvalue weighted by Crippen LogP contribution is -2.48. The summed E-state index contributed by atoms with van der Waals surface area (Å²) in [5.41, 5.74) is 5.05. The fourth-order valence-electron chi connectivity index (χ4n) is 2.21. The molecule has 1 aliphatic heterocycles. The van der Waals surface area contributed by atoms with Crippen LogP contribution in [0.25, 0.3) is 0 Å². The molecule has 3 nitrogen and oxygen atoms in total. The Bertz CT molecular complexity index is 466. The molecule has 2 atom stereocenters. The average Bonchev–Trinajstić information content (AvgIpc) is 2.66. The van der Waals surface area contributed by atoms with Crippen molar-refractivity contribution in [3.8, 4) is 0 Å². The quantitative estimate of drug-likeness (QED) is 0.844. The highest BCUT2D eigenvalue weighted by Crippen LogP contribution is 2.35. The van der Waals surface area contributed by atoms with Crippen molar-refractivity contribution < 1.29 is 9.18 Å². The molecule has 0 aromatic heterocycles. The minimum absolute atomic E-state index is 0.0163. The molecular weight excluding hydrogens is 243 g/mol. The molecule has 2 unspecified atom stereocenters. The summed E-state index contributed by atoms with van der Waals surface area (Å²) in [6.07, 6.45) is 0.490. The van der Waals surface area contributed by atoms with Gasteiger partial charge in [0.1, 0.15) is 11.4 Å². The van der Waals surface area contributed by atoms with E-state index in [9.17, 15) is 9.18 Å². The second kappa shape index (κ2) is 4.27. The zero-order valence-electron chi connectivity index (χ0n) is 9.17. The van der Waals surface area contributed by atoms with Crippen LogP contribution in [0.3, 0.4) is 0 Å². The largest absolute Gasteiger partial charge is 0.368 e. The van der Waals surface area contributed by atoms with Crippen LogP contribution in [0.5, 0.6) is 0 Å². The molecule has 2 rings (SSSR count). The van der Waals surface area contributed by atoms with Crippen LogP contribution in [0.2, 0.25) is 5.02 Å². The van der Waals surface area contributed by atoms with Crippen LogP contribution in [0.1, 0.15) is 12.0 Å². The average molecular weight is 256 g/mol. The van der Waals surface area contributed by atoms with Gasteiger partial charge in [0.2, 0.25) is 5.91 Å². The van der Waals surface area contributed by atoms with E-state index in [1.807, 2.05) is 0 Å². The predicted molar refractivity (Wildman–Crippen MR) is 63.7 cm³/mol. The normalized spacial score (nSPS) is 28.3. The van der Waals surface area contributed by atoms with E-state index in [4.69, 9.17) is 17.3 Å². The van der Waals surface area contributed by atoms with Crippen molar-refractivity contribution in [1.82, 2.24) is 5.32 Å². The molecule has 91 valence electrons. The maximum absolute atomic E-state index is 13.1. The third kappa shape index (κ3) is 2.03. The Labute approximate surface area is 104 Å². The molecule has 0 aliphatic carbocycles. The lowest BCUT2D eigenvalue weighted by atomic mass is 9.85. The minimum atomic E-state index is -0.982. The summed E-state index contributed by atoms with van der Waals surface area (Å²) in [7, 11) is 0. The van der Waals surface area contributed by atoms with E-state index in [1.54, 1.807) is 0 Å². The van der Waals surface area contributed by atoms with Crippen molar-refractivity contribution in [1.29, 1.82) is 0 Å². The standard InChI is InChI=1S/C12H13ClFN2O/c1-7-5-12(11(15)17,16-6-7)8-2-3-10(14)9(13)4-8/h2-4,7,16H,1,5-6H2,(H2,15,17). The van der Waals surface area contributed by atoms with Crippen LogP contribution in [0.4, 0.5) is 4.39 Å². The molecule has 1 radical (unpaired) electrons. The Morgan fingerprint density at radius 1 is 1.65 bits per heavy atom. The van der Waals surface area contributed by atoms with Gasteiger partial charge < -0.3 is 5.73 Å². The number of carbonyl (C=O) groups is 1. The molecule has 1 saturated heterocycles. The van der Waals surface area contributed by atoms with Gasteiger partial charge in [-0.05, 0) is 43.5 Å². The monoisotopic (exact) mass is 255 g/mol. The summed E-state index contributed by atoms with van der Waals surface area (Å²) < 4.78 is 13.1. The molecule has 1 amide bonds. The summed E-state index contributed by atoms with van der Waals surface area (Å²) >= 11 is 5.72. The molecule has 1 heterocycles. The number of nitrogens with one attached hydrogen (secondary N) is 1. The van der Waals surface area contributed by atoms with Crippen LogP contribution in [-0.2, 0) is 10.3 Å². The first kappa shape index (κ1) is 12.3. The van der Waals surface area contributed by atoms with Crippen LogP contribution in [-0.4, -0.2) is 12.5 Å². The molecule has 1 aliphatic rings. The van der Waals surface area contributed by atoms with Gasteiger partial charge in [-0.1, -0.05) is 17.7 Å². The van der Waals surface area contributed by atoms with E-state index in [-0.39, 0.29) is 10.9 Å². The molecule has 1 aromatic carbocycles. The number of amides is 1. The van der Waals surface area contributed by atoms with Gasteiger partial charge >= 0.3 is 0 Å². The lowest BCUT2D eigenvalue weighted by molar-refractivity contribution is -0.124. The van der Waals surface area contributed by atoms with E-state index in [0.29, 0.717) is 18.5 Å². The molecule has 5 heteroatoms. The van der Waals surface area contributed by atoms with Crippen molar-refractivity contribution >= 4 is 17.5 Å². The Balaban J connectivity index is 2.47. The second-order valence-corrected chi connectivity index (χ2v) is 4.76. The Kier molecular flexibility index (Phi) is 3.10. The topological polar surface area (TPSA) is 55.1 Å². The molecule has 0 bridgehead atoms. The number of carbonyl (C=O) groups excluding carboxylic acids is 1. The van der Waals surface area contributed by atoms with Gasteiger partial charge in [0.25, 0.3) is 0 Å². The second-order valence-electron chi connectivity index (χ2n) is 4.35. The van der Waals surface area contributed by atoms with Gasteiger partial charge in [-0.3, -0.25) is 10.1 Å². The first-order valence-corrected chi connectivity index (χ1v) is 5.67. The van der Waals surface area contributed by atoms with Crippen LogP contribution >= 0.6 is 11.6 Å². The summed E-state index contributed by atoms with van der Waals surface area (Å²) in [4.78, 5) is 11.7. The van der Waals surface area contributed by atoms with Crippen molar-refractivity contribution in [2.75, 3.05) is 6.54 Å². The van der Waals surface area contributed by atoms with E-state index >= 15 is 0 Å². The number of halogens is 2. The van der Waals surface area contributed by atoms with E-state index in [2.05, 4.69) is 12.2 Å². The third-order valence-corrected chi connectivity index (χ3v) is 3.41. The summed E-state index contributed by atoms with van der Waals surface area (Å²) in [6, 6.07) is 4.20. The highest BCUT2D eigenvalue weighted by Gasteiger charge is 2.44. The predicted octanol–water partition coefficient (Wildman–Crippen LogP) is 1.60. The SMILES string of the molecule is [CH2]C1CNC(C(N)=O)(c2ccc(F)c(Cl)c2)C1. The third-order valence-electron chi connectivity index (χ3n) is 3.12. The zero-order valence-corrected chi connectivity index (χ0v) is 9.93. The van der Waals surface area contributed by atoms with Crippen LogP contribution < -0.4 is 11.1 Å². The Hall–Kier alpha value is -1.13.